The lowest BCUT2D eigenvalue weighted by Crippen LogP contribution is -2.36. The van der Waals surface area contributed by atoms with Gasteiger partial charge in [-0.2, -0.15) is 5.26 Å². The van der Waals surface area contributed by atoms with Crippen molar-refractivity contribution < 1.29 is 23.1 Å². The fourth-order valence-electron chi connectivity index (χ4n) is 3.91. The summed E-state index contributed by atoms with van der Waals surface area (Å²) in [6, 6.07) is 22.0. The highest BCUT2D eigenvalue weighted by Gasteiger charge is 2.29. The minimum atomic E-state index is -4.41. The zero-order valence-electron chi connectivity index (χ0n) is 19.6. The van der Waals surface area contributed by atoms with E-state index in [1.54, 1.807) is 54.6 Å². The van der Waals surface area contributed by atoms with Crippen molar-refractivity contribution in [3.05, 3.63) is 106 Å². The summed E-state index contributed by atoms with van der Waals surface area (Å²) >= 11 is 12.0. The molecule has 4 aromatic rings. The Morgan fingerprint density at radius 3 is 2.18 bits per heavy atom. The van der Waals surface area contributed by atoms with Crippen LogP contribution in [0.15, 0.2) is 83.8 Å². The van der Waals surface area contributed by atoms with Gasteiger partial charge in [-0.15, -0.1) is 0 Å². The Labute approximate surface area is 228 Å². The van der Waals surface area contributed by atoms with E-state index < -0.39 is 28.4 Å². The summed E-state index contributed by atoms with van der Waals surface area (Å²) in [6.45, 7) is -0.670. The van der Waals surface area contributed by atoms with E-state index in [0.717, 1.165) is 9.87 Å². The molecule has 0 aromatic heterocycles. The first kappa shape index (κ1) is 26.9. The SMILES string of the molecule is N#Cc1ccc(CNC(=O)c2cccc3c(N(CC(=O)O)S(=O)(=O)c4cc(Cl)cc(Cl)c4)cccc23)cc1. The number of anilines is 1. The highest BCUT2D eigenvalue weighted by atomic mass is 35.5. The molecule has 0 saturated heterocycles. The first-order valence-electron chi connectivity index (χ1n) is 11.1. The Hall–Kier alpha value is -4.10. The molecule has 0 aliphatic heterocycles. The van der Waals surface area contributed by atoms with Crippen LogP contribution >= 0.6 is 23.2 Å². The number of aliphatic carboxylic acids is 1. The average molecular weight is 568 g/mol. The molecule has 38 heavy (non-hydrogen) atoms. The summed E-state index contributed by atoms with van der Waals surface area (Å²) in [6.07, 6.45) is 0. The molecule has 4 rings (SSSR count). The summed E-state index contributed by atoms with van der Waals surface area (Å²) in [5.74, 6) is -1.79. The van der Waals surface area contributed by atoms with Crippen LogP contribution in [0.4, 0.5) is 5.69 Å². The fraction of sp³-hybridized carbons (Fsp3) is 0.0741. The minimum Gasteiger partial charge on any atom is -0.480 e. The van der Waals surface area contributed by atoms with E-state index in [0.29, 0.717) is 16.3 Å². The Morgan fingerprint density at radius 1 is 0.921 bits per heavy atom. The molecule has 11 heteroatoms. The molecule has 0 saturated carbocycles. The standard InChI is InChI=1S/C27H19Cl2N3O5S/c28-19-11-20(29)13-21(12-19)38(36,37)32(16-26(33)34)25-6-2-3-22-23(25)4-1-5-24(22)27(35)31-15-18-9-7-17(14-30)8-10-18/h1-13H,15-16H2,(H,31,35)(H,33,34). The highest BCUT2D eigenvalue weighted by molar-refractivity contribution is 7.92. The number of benzene rings is 4. The molecule has 0 heterocycles. The molecule has 0 bridgehead atoms. The number of nitrogens with zero attached hydrogens (tertiary/aromatic N) is 2. The van der Waals surface area contributed by atoms with E-state index in [1.165, 1.54) is 24.3 Å². The summed E-state index contributed by atoms with van der Waals surface area (Å²) in [5, 5.41) is 22.2. The summed E-state index contributed by atoms with van der Waals surface area (Å²) in [4.78, 5) is 24.5. The number of carbonyl (C=O) groups excluding carboxylic acids is 1. The fourth-order valence-corrected chi connectivity index (χ4v) is 6.07. The van der Waals surface area contributed by atoms with Crippen LogP contribution in [0.3, 0.4) is 0 Å². The molecule has 0 fully saturated rings. The number of hydrogen-bond donors (Lipinski definition) is 2. The third-order valence-corrected chi connectivity index (χ3v) is 7.83. The summed E-state index contributed by atoms with van der Waals surface area (Å²) in [7, 11) is -4.41. The van der Waals surface area contributed by atoms with Gasteiger partial charge in [-0.05, 0) is 53.4 Å². The maximum atomic E-state index is 13.6. The van der Waals surface area contributed by atoms with Gasteiger partial charge in [-0.3, -0.25) is 13.9 Å². The van der Waals surface area contributed by atoms with Gasteiger partial charge in [0.25, 0.3) is 15.9 Å². The maximum absolute atomic E-state index is 13.6. The van der Waals surface area contributed by atoms with Crippen molar-refractivity contribution in [2.75, 3.05) is 10.8 Å². The first-order valence-corrected chi connectivity index (χ1v) is 13.3. The largest absolute Gasteiger partial charge is 0.480 e. The maximum Gasteiger partial charge on any atom is 0.324 e. The van der Waals surface area contributed by atoms with Gasteiger partial charge < -0.3 is 10.4 Å². The molecular weight excluding hydrogens is 549 g/mol. The van der Waals surface area contributed by atoms with Crippen LogP contribution in [0.1, 0.15) is 21.5 Å². The number of nitriles is 1. The summed E-state index contributed by atoms with van der Waals surface area (Å²) < 4.78 is 27.9. The van der Waals surface area contributed by atoms with Crippen LogP contribution < -0.4 is 9.62 Å². The predicted octanol–water partition coefficient (Wildman–Crippen LogP) is 5.23. The van der Waals surface area contributed by atoms with Crippen molar-refractivity contribution >= 4 is 61.6 Å². The van der Waals surface area contributed by atoms with Gasteiger partial charge in [0, 0.05) is 27.5 Å². The molecule has 1 amide bonds. The molecule has 2 N–H and O–H groups in total. The van der Waals surface area contributed by atoms with Gasteiger partial charge in [0.05, 0.1) is 22.2 Å². The molecule has 0 aliphatic rings. The van der Waals surface area contributed by atoms with E-state index >= 15 is 0 Å². The van der Waals surface area contributed by atoms with Gasteiger partial charge in [0.2, 0.25) is 0 Å². The minimum absolute atomic E-state index is 0.0720. The second kappa shape index (κ2) is 11.1. The van der Waals surface area contributed by atoms with Crippen LogP contribution in [0.5, 0.6) is 0 Å². The van der Waals surface area contributed by atoms with Crippen LogP contribution in [0.25, 0.3) is 10.8 Å². The van der Waals surface area contributed by atoms with Crippen molar-refractivity contribution in [3.8, 4) is 6.07 Å². The molecule has 8 nitrogen and oxygen atoms in total. The lowest BCUT2D eigenvalue weighted by Gasteiger charge is -2.25. The number of sulfonamides is 1. The number of halogens is 2. The van der Waals surface area contributed by atoms with E-state index in [1.807, 2.05) is 6.07 Å². The van der Waals surface area contributed by atoms with Crippen LogP contribution in [0.2, 0.25) is 10.0 Å². The van der Waals surface area contributed by atoms with Crippen LogP contribution in [-0.4, -0.2) is 31.9 Å². The number of amides is 1. The van der Waals surface area contributed by atoms with Gasteiger partial charge >= 0.3 is 5.97 Å². The summed E-state index contributed by atoms with van der Waals surface area (Å²) in [5.41, 5.74) is 1.64. The molecule has 0 aliphatic carbocycles. The van der Waals surface area contributed by atoms with Gasteiger partial charge in [0.15, 0.2) is 0 Å². The Kier molecular flexibility index (Phi) is 7.88. The van der Waals surface area contributed by atoms with Crippen molar-refractivity contribution in [2.45, 2.75) is 11.4 Å². The first-order chi connectivity index (χ1) is 18.1. The number of nitrogens with one attached hydrogen (secondary N) is 1. The van der Waals surface area contributed by atoms with E-state index in [9.17, 15) is 23.1 Å². The average Bonchev–Trinajstić information content (AvgIpc) is 2.89. The third-order valence-electron chi connectivity index (χ3n) is 5.65. The number of carboxylic acids is 1. The molecule has 0 atom stereocenters. The molecule has 4 aromatic carbocycles. The van der Waals surface area contributed by atoms with Crippen molar-refractivity contribution in [3.63, 3.8) is 0 Å². The van der Waals surface area contributed by atoms with E-state index in [2.05, 4.69) is 5.32 Å². The van der Waals surface area contributed by atoms with Crippen molar-refractivity contribution in [1.29, 1.82) is 5.26 Å². The highest BCUT2D eigenvalue weighted by Crippen LogP contribution is 2.34. The molecule has 0 spiro atoms. The number of rotatable bonds is 8. The normalized spacial score (nSPS) is 11.1. The monoisotopic (exact) mass is 567 g/mol. The quantitative estimate of drug-likeness (QED) is 0.300. The zero-order valence-corrected chi connectivity index (χ0v) is 21.9. The molecule has 0 unspecified atom stereocenters. The smallest absolute Gasteiger partial charge is 0.324 e. The van der Waals surface area contributed by atoms with E-state index in [4.69, 9.17) is 28.5 Å². The van der Waals surface area contributed by atoms with Gasteiger partial charge in [-0.25, -0.2) is 8.42 Å². The lowest BCUT2D eigenvalue weighted by molar-refractivity contribution is -0.135. The predicted molar refractivity (Wildman–Crippen MR) is 145 cm³/mol. The van der Waals surface area contributed by atoms with Crippen LogP contribution in [-0.2, 0) is 21.4 Å². The Balaban J connectivity index is 1.74. The molecular formula is C27H19Cl2N3O5S. The van der Waals surface area contributed by atoms with Gasteiger partial charge in [-0.1, -0.05) is 59.6 Å². The Bertz CT molecular complexity index is 1680. The number of carboxylic acid groups (broad SMARTS) is 1. The van der Waals surface area contributed by atoms with Gasteiger partial charge in [0.1, 0.15) is 6.54 Å². The number of carbonyl (C=O) groups is 2. The van der Waals surface area contributed by atoms with Crippen molar-refractivity contribution in [2.24, 2.45) is 0 Å². The molecule has 192 valence electrons. The Morgan fingerprint density at radius 2 is 1.55 bits per heavy atom. The second-order valence-electron chi connectivity index (χ2n) is 8.18. The third kappa shape index (κ3) is 5.73. The lowest BCUT2D eigenvalue weighted by atomic mass is 10.0. The number of fused-ring (bicyclic) bond motifs is 1. The van der Waals surface area contributed by atoms with Crippen LogP contribution in [0, 0.1) is 11.3 Å². The van der Waals surface area contributed by atoms with E-state index in [-0.39, 0.29) is 32.7 Å². The molecule has 0 radical (unpaired) electrons. The zero-order chi connectivity index (χ0) is 27.4. The van der Waals surface area contributed by atoms with Crippen molar-refractivity contribution in [1.82, 2.24) is 5.32 Å². The second-order valence-corrected chi connectivity index (χ2v) is 10.9. The number of hydrogen-bond acceptors (Lipinski definition) is 5. The topological polar surface area (TPSA) is 128 Å².